The lowest BCUT2D eigenvalue weighted by atomic mass is 10.1. The molecule has 0 aromatic carbocycles. The molecule has 0 saturated carbocycles. The van der Waals surface area contributed by atoms with E-state index in [1.54, 1.807) is 0 Å². The van der Waals surface area contributed by atoms with E-state index in [1.165, 1.54) is 19.3 Å². The van der Waals surface area contributed by atoms with Crippen molar-refractivity contribution in [2.45, 2.75) is 38.3 Å². The Kier molecular flexibility index (Phi) is 2.73. The molecule has 5 heteroatoms. The van der Waals surface area contributed by atoms with Crippen LogP contribution in [-0.4, -0.2) is 46.9 Å². The predicted octanol–water partition coefficient (Wildman–Crippen LogP) is 0.984. The molecule has 2 bridgehead atoms. The number of hydrogen-bond donors (Lipinski definition) is 1. The lowest BCUT2D eigenvalue weighted by Crippen LogP contribution is -2.37. The van der Waals surface area contributed by atoms with Gasteiger partial charge >= 0.3 is 0 Å². The molecule has 0 spiro atoms. The van der Waals surface area contributed by atoms with E-state index in [0.29, 0.717) is 6.04 Å². The van der Waals surface area contributed by atoms with Crippen LogP contribution < -0.4 is 10.6 Å². The van der Waals surface area contributed by atoms with Gasteiger partial charge < -0.3 is 10.6 Å². The van der Waals surface area contributed by atoms with Crippen LogP contribution in [0.3, 0.4) is 0 Å². The number of nitrogen functional groups attached to an aromatic ring is 1. The molecule has 0 radical (unpaired) electrons. The zero-order valence-electron chi connectivity index (χ0n) is 11.6. The molecule has 2 saturated heterocycles. The molecular weight excluding hydrogens is 226 g/mol. The molecule has 2 unspecified atom stereocenters. The Morgan fingerprint density at radius 1 is 1.17 bits per heavy atom. The normalized spacial score (nSPS) is 28.7. The first-order chi connectivity index (χ1) is 8.58. The quantitative estimate of drug-likeness (QED) is 0.806. The van der Waals surface area contributed by atoms with Gasteiger partial charge in [-0.25, -0.2) is 0 Å². The van der Waals surface area contributed by atoms with Gasteiger partial charge in [-0.1, -0.05) is 0 Å². The molecule has 0 aliphatic carbocycles. The molecule has 5 nitrogen and oxygen atoms in total. The summed E-state index contributed by atoms with van der Waals surface area (Å²) in [4.78, 5) is 4.98. The van der Waals surface area contributed by atoms with Crippen molar-refractivity contribution >= 4 is 11.5 Å². The van der Waals surface area contributed by atoms with Crippen LogP contribution in [0.4, 0.5) is 11.5 Å². The minimum absolute atomic E-state index is 0.673. The van der Waals surface area contributed by atoms with Crippen LogP contribution in [0, 0.1) is 6.92 Å². The third-order valence-electron chi connectivity index (χ3n) is 4.69. The van der Waals surface area contributed by atoms with Crippen LogP contribution in [0.1, 0.15) is 25.0 Å². The summed E-state index contributed by atoms with van der Waals surface area (Å²) in [5, 5.41) is 4.43. The highest BCUT2D eigenvalue weighted by Gasteiger charge is 2.35. The molecular formula is C13H23N5. The molecule has 100 valence electrons. The van der Waals surface area contributed by atoms with Crippen LogP contribution in [0.2, 0.25) is 0 Å². The van der Waals surface area contributed by atoms with E-state index < -0.39 is 0 Å². The fourth-order valence-electron chi connectivity index (χ4n) is 3.54. The van der Waals surface area contributed by atoms with Crippen LogP contribution in [0.15, 0.2) is 0 Å². The lowest BCUT2D eigenvalue weighted by molar-refractivity contribution is 0.254. The number of hydrogen-bond acceptors (Lipinski definition) is 4. The first kappa shape index (κ1) is 11.8. The van der Waals surface area contributed by atoms with Crippen molar-refractivity contribution < 1.29 is 0 Å². The number of fused-ring (bicyclic) bond motifs is 2. The molecule has 18 heavy (non-hydrogen) atoms. The number of anilines is 2. The van der Waals surface area contributed by atoms with Gasteiger partial charge in [0.1, 0.15) is 5.82 Å². The summed E-state index contributed by atoms with van der Waals surface area (Å²) in [6.07, 6.45) is 3.90. The highest BCUT2D eigenvalue weighted by Crippen LogP contribution is 2.33. The highest BCUT2D eigenvalue weighted by atomic mass is 15.4. The number of aryl methyl sites for hydroxylation is 2. The van der Waals surface area contributed by atoms with Gasteiger partial charge in [-0.05, 0) is 33.2 Å². The second kappa shape index (κ2) is 4.16. The monoisotopic (exact) mass is 249 g/mol. The molecule has 2 aliphatic rings. The predicted molar refractivity (Wildman–Crippen MR) is 73.8 cm³/mol. The van der Waals surface area contributed by atoms with Crippen LogP contribution in [0.5, 0.6) is 0 Å². The summed E-state index contributed by atoms with van der Waals surface area (Å²) in [6.45, 7) is 4.15. The molecule has 2 N–H and O–H groups in total. The van der Waals surface area contributed by atoms with E-state index in [9.17, 15) is 0 Å². The van der Waals surface area contributed by atoms with Crippen LogP contribution >= 0.6 is 0 Å². The maximum Gasteiger partial charge on any atom is 0.150 e. The van der Waals surface area contributed by atoms with E-state index in [2.05, 4.69) is 21.9 Å². The largest absolute Gasteiger partial charge is 0.394 e. The standard InChI is InChI=1S/C13H23N5/c1-9-12(14)13(17(3)15-9)18-7-6-10-4-5-11(8-18)16(10)2/h10-11H,4-8,14H2,1-3H3. The van der Waals surface area contributed by atoms with Crippen molar-refractivity contribution in [1.29, 1.82) is 0 Å². The Bertz CT molecular complexity index is 452. The van der Waals surface area contributed by atoms with E-state index in [-0.39, 0.29) is 0 Å². The Morgan fingerprint density at radius 3 is 2.56 bits per heavy atom. The van der Waals surface area contributed by atoms with Gasteiger partial charge in [0.2, 0.25) is 0 Å². The fourth-order valence-corrected chi connectivity index (χ4v) is 3.54. The number of nitrogens with two attached hydrogens (primary N) is 1. The second-order valence-corrected chi connectivity index (χ2v) is 5.73. The van der Waals surface area contributed by atoms with Crippen LogP contribution in [-0.2, 0) is 7.05 Å². The van der Waals surface area contributed by atoms with Gasteiger partial charge in [0.05, 0.1) is 11.4 Å². The van der Waals surface area contributed by atoms with Crippen molar-refractivity contribution in [3.05, 3.63) is 5.69 Å². The van der Waals surface area contributed by atoms with E-state index in [1.807, 2.05) is 18.7 Å². The summed E-state index contributed by atoms with van der Waals surface area (Å²) in [7, 11) is 4.26. The Morgan fingerprint density at radius 2 is 1.89 bits per heavy atom. The number of nitrogens with zero attached hydrogens (tertiary/aromatic N) is 4. The third-order valence-corrected chi connectivity index (χ3v) is 4.69. The van der Waals surface area contributed by atoms with E-state index >= 15 is 0 Å². The molecule has 2 atom stereocenters. The van der Waals surface area contributed by atoms with E-state index in [0.717, 1.165) is 36.3 Å². The molecule has 0 amide bonds. The van der Waals surface area contributed by atoms with E-state index in [4.69, 9.17) is 5.73 Å². The first-order valence-corrected chi connectivity index (χ1v) is 6.84. The second-order valence-electron chi connectivity index (χ2n) is 5.73. The zero-order valence-corrected chi connectivity index (χ0v) is 11.6. The zero-order chi connectivity index (χ0) is 12.9. The molecule has 1 aromatic heterocycles. The number of aromatic nitrogens is 2. The van der Waals surface area contributed by atoms with Gasteiger partial charge in [-0.2, -0.15) is 5.10 Å². The Labute approximate surface area is 109 Å². The van der Waals surface area contributed by atoms with Crippen molar-refractivity contribution in [2.75, 3.05) is 30.8 Å². The Balaban J connectivity index is 1.89. The van der Waals surface area contributed by atoms with Crippen molar-refractivity contribution in [3.8, 4) is 0 Å². The average molecular weight is 249 g/mol. The molecule has 1 aromatic rings. The van der Waals surface area contributed by atoms with Gasteiger partial charge in [-0.3, -0.25) is 9.58 Å². The summed E-state index contributed by atoms with van der Waals surface area (Å²) in [6, 6.07) is 1.43. The maximum atomic E-state index is 6.18. The summed E-state index contributed by atoms with van der Waals surface area (Å²) in [5.41, 5.74) is 7.96. The van der Waals surface area contributed by atoms with Gasteiger partial charge in [-0.15, -0.1) is 0 Å². The number of rotatable bonds is 1. The minimum Gasteiger partial charge on any atom is -0.394 e. The smallest absolute Gasteiger partial charge is 0.150 e. The summed E-state index contributed by atoms with van der Waals surface area (Å²) < 4.78 is 1.93. The fraction of sp³-hybridized carbons (Fsp3) is 0.769. The topological polar surface area (TPSA) is 50.3 Å². The summed E-state index contributed by atoms with van der Waals surface area (Å²) in [5.74, 6) is 1.11. The van der Waals surface area contributed by atoms with Gasteiger partial charge in [0, 0.05) is 32.2 Å². The lowest BCUT2D eigenvalue weighted by Gasteiger charge is -2.27. The average Bonchev–Trinajstić information content (AvgIpc) is 2.69. The highest BCUT2D eigenvalue weighted by molar-refractivity contribution is 5.66. The Hall–Kier alpha value is -1.23. The molecule has 3 heterocycles. The van der Waals surface area contributed by atoms with Gasteiger partial charge in [0.25, 0.3) is 0 Å². The SMILES string of the molecule is Cc1nn(C)c(N2CCC3CCC(C2)N3C)c1N. The maximum absolute atomic E-state index is 6.18. The van der Waals surface area contributed by atoms with Crippen molar-refractivity contribution in [2.24, 2.45) is 7.05 Å². The molecule has 2 aliphatic heterocycles. The first-order valence-electron chi connectivity index (χ1n) is 6.84. The summed E-state index contributed by atoms with van der Waals surface area (Å²) >= 11 is 0. The van der Waals surface area contributed by atoms with Crippen molar-refractivity contribution in [1.82, 2.24) is 14.7 Å². The third kappa shape index (κ3) is 1.68. The molecule has 2 fully saturated rings. The van der Waals surface area contributed by atoms with Crippen LogP contribution in [0.25, 0.3) is 0 Å². The minimum atomic E-state index is 0.673. The molecule has 3 rings (SSSR count). The number of likely N-dealkylation sites (N-methyl/N-ethyl adjacent to an activating group) is 1. The van der Waals surface area contributed by atoms with Gasteiger partial charge in [0.15, 0.2) is 0 Å². The van der Waals surface area contributed by atoms with Crippen molar-refractivity contribution in [3.63, 3.8) is 0 Å².